The van der Waals surface area contributed by atoms with Crippen molar-refractivity contribution in [1.82, 2.24) is 9.55 Å². The third kappa shape index (κ3) is 5.15. The lowest BCUT2D eigenvalue weighted by atomic mass is 10.2. The molecule has 3 N–H and O–H groups in total. The summed E-state index contributed by atoms with van der Waals surface area (Å²) in [5.74, 6) is 0.880. The van der Waals surface area contributed by atoms with Gasteiger partial charge in [0.25, 0.3) is 5.56 Å². The van der Waals surface area contributed by atoms with Crippen LogP contribution in [0.2, 0.25) is 0 Å². The number of aromatic amines is 1. The number of hydrogen-bond donors (Lipinski definition) is 2. The first kappa shape index (κ1) is 23.0. The predicted molar refractivity (Wildman–Crippen MR) is 127 cm³/mol. The number of unbranched alkanes of at least 4 members (excludes halogenated alkanes) is 1. The molecule has 0 aliphatic carbocycles. The minimum atomic E-state index is -0.624. The Balaban J connectivity index is 1.97. The van der Waals surface area contributed by atoms with E-state index in [1.54, 1.807) is 11.8 Å². The van der Waals surface area contributed by atoms with Crippen molar-refractivity contribution in [2.75, 3.05) is 40.9 Å². The number of rotatable bonds is 8. The molecule has 1 amide bonds. The second-order valence-electron chi connectivity index (χ2n) is 8.13. The van der Waals surface area contributed by atoms with E-state index in [2.05, 4.69) is 11.1 Å². The van der Waals surface area contributed by atoms with Crippen molar-refractivity contribution in [1.29, 1.82) is 0 Å². The van der Waals surface area contributed by atoms with Gasteiger partial charge in [0.15, 0.2) is 5.69 Å². The van der Waals surface area contributed by atoms with Crippen LogP contribution in [0.5, 0.6) is 0 Å². The molecule has 31 heavy (non-hydrogen) atoms. The van der Waals surface area contributed by atoms with Crippen LogP contribution in [0.4, 0.5) is 17.2 Å². The van der Waals surface area contributed by atoms with Crippen LogP contribution in [0.15, 0.2) is 38.8 Å². The standard InChI is InChI=1S/C22H31N5O3S/c1-4-5-10-26(19-20(23)27(13-15(2)3)22(30)24-21(19)29)18(28)14-25-11-12-31-17-9-7-6-8-16(17)25/h6-9,15H,4-5,10-14,23H2,1-3H3,(H,24,29,30). The second-order valence-corrected chi connectivity index (χ2v) is 9.27. The monoisotopic (exact) mass is 445 g/mol. The Morgan fingerprint density at radius 1 is 1.29 bits per heavy atom. The maximum absolute atomic E-state index is 13.4. The Bertz CT molecular complexity index is 1050. The first-order valence-corrected chi connectivity index (χ1v) is 11.7. The number of nitrogens with two attached hydrogens (primary N) is 1. The van der Waals surface area contributed by atoms with E-state index in [9.17, 15) is 14.4 Å². The topological polar surface area (TPSA) is 104 Å². The fourth-order valence-corrected chi connectivity index (χ4v) is 4.75. The molecule has 2 aromatic rings. The summed E-state index contributed by atoms with van der Waals surface area (Å²) in [6.07, 6.45) is 1.58. The highest BCUT2D eigenvalue weighted by Crippen LogP contribution is 2.34. The van der Waals surface area contributed by atoms with E-state index in [4.69, 9.17) is 5.73 Å². The number of fused-ring (bicyclic) bond motifs is 1. The molecule has 9 heteroatoms. The van der Waals surface area contributed by atoms with E-state index in [1.807, 2.05) is 43.9 Å². The van der Waals surface area contributed by atoms with Crippen molar-refractivity contribution in [3.8, 4) is 0 Å². The molecule has 8 nitrogen and oxygen atoms in total. The molecule has 2 heterocycles. The van der Waals surface area contributed by atoms with Crippen molar-refractivity contribution < 1.29 is 4.79 Å². The third-order valence-electron chi connectivity index (χ3n) is 5.22. The Kier molecular flexibility index (Phi) is 7.48. The Morgan fingerprint density at radius 3 is 2.74 bits per heavy atom. The van der Waals surface area contributed by atoms with Crippen LogP contribution >= 0.6 is 11.8 Å². The summed E-state index contributed by atoms with van der Waals surface area (Å²) in [5, 5.41) is 0. The molecule has 1 aromatic heterocycles. The summed E-state index contributed by atoms with van der Waals surface area (Å²) in [6, 6.07) is 8.01. The summed E-state index contributed by atoms with van der Waals surface area (Å²) >= 11 is 1.77. The van der Waals surface area contributed by atoms with Gasteiger partial charge in [-0.15, -0.1) is 11.8 Å². The Hall–Kier alpha value is -2.68. The summed E-state index contributed by atoms with van der Waals surface area (Å²) in [5.41, 5.74) is 6.20. The zero-order chi connectivity index (χ0) is 22.5. The number of thioether (sulfide) groups is 1. The summed E-state index contributed by atoms with van der Waals surface area (Å²) < 4.78 is 1.35. The van der Waals surface area contributed by atoms with Crippen LogP contribution in [0.25, 0.3) is 0 Å². The lowest BCUT2D eigenvalue weighted by Crippen LogP contribution is -2.46. The Labute approximate surface area is 186 Å². The number of nitrogen functional groups attached to an aromatic ring is 1. The van der Waals surface area contributed by atoms with E-state index in [0.717, 1.165) is 35.7 Å². The molecule has 0 unspecified atom stereocenters. The molecule has 0 saturated carbocycles. The lowest BCUT2D eigenvalue weighted by molar-refractivity contribution is -0.117. The quantitative estimate of drug-likeness (QED) is 0.647. The molecule has 168 valence electrons. The van der Waals surface area contributed by atoms with Crippen molar-refractivity contribution in [2.24, 2.45) is 5.92 Å². The van der Waals surface area contributed by atoms with Gasteiger partial charge in [-0.3, -0.25) is 19.1 Å². The third-order valence-corrected chi connectivity index (χ3v) is 6.26. The first-order valence-electron chi connectivity index (χ1n) is 10.7. The van der Waals surface area contributed by atoms with Crippen molar-refractivity contribution >= 4 is 34.9 Å². The second kappa shape index (κ2) is 10.1. The highest BCUT2D eigenvalue weighted by atomic mass is 32.2. The van der Waals surface area contributed by atoms with E-state index in [1.165, 1.54) is 9.47 Å². The number of carbonyl (C=O) groups excluding carboxylic acids is 1. The van der Waals surface area contributed by atoms with Crippen molar-refractivity contribution in [2.45, 2.75) is 45.1 Å². The number of nitrogens with zero attached hydrogens (tertiary/aromatic N) is 3. The molecule has 0 bridgehead atoms. The van der Waals surface area contributed by atoms with Crippen molar-refractivity contribution in [3.63, 3.8) is 0 Å². The summed E-state index contributed by atoms with van der Waals surface area (Å²) in [7, 11) is 0. The predicted octanol–water partition coefficient (Wildman–Crippen LogP) is 2.52. The molecule has 0 atom stereocenters. The molecule has 0 spiro atoms. The normalized spacial score (nSPS) is 13.4. The van der Waals surface area contributed by atoms with E-state index < -0.39 is 11.2 Å². The maximum atomic E-state index is 13.4. The number of para-hydroxylation sites is 1. The number of nitrogens with one attached hydrogen (secondary N) is 1. The van der Waals surface area contributed by atoms with Crippen LogP contribution in [0.1, 0.15) is 33.6 Å². The van der Waals surface area contributed by atoms with Crippen LogP contribution in [-0.4, -0.2) is 40.8 Å². The SMILES string of the molecule is CCCCN(C(=O)CN1CCSc2ccccc21)c1c(N)n(CC(C)C)c(=O)[nH]c1=O. The number of amides is 1. The van der Waals surface area contributed by atoms with Crippen LogP contribution in [0.3, 0.4) is 0 Å². The average Bonchev–Trinajstić information content (AvgIpc) is 2.73. The smallest absolute Gasteiger partial charge is 0.330 e. The fraction of sp³-hybridized carbons (Fsp3) is 0.500. The Morgan fingerprint density at radius 2 is 2.03 bits per heavy atom. The van der Waals surface area contributed by atoms with Gasteiger partial charge in [0, 0.05) is 30.3 Å². The maximum Gasteiger partial charge on any atom is 0.330 e. The average molecular weight is 446 g/mol. The molecule has 1 aliphatic rings. The number of carbonyl (C=O) groups is 1. The number of benzene rings is 1. The summed E-state index contributed by atoms with van der Waals surface area (Å²) in [6.45, 7) is 7.56. The van der Waals surface area contributed by atoms with Gasteiger partial charge in [0.2, 0.25) is 5.91 Å². The lowest BCUT2D eigenvalue weighted by Gasteiger charge is -2.32. The van der Waals surface area contributed by atoms with Gasteiger partial charge in [-0.1, -0.05) is 39.3 Å². The van der Waals surface area contributed by atoms with Crippen LogP contribution in [0, 0.1) is 5.92 Å². The molecule has 0 fully saturated rings. The highest BCUT2D eigenvalue weighted by molar-refractivity contribution is 7.99. The zero-order valence-corrected chi connectivity index (χ0v) is 19.2. The van der Waals surface area contributed by atoms with Crippen molar-refractivity contribution in [3.05, 3.63) is 45.1 Å². The van der Waals surface area contributed by atoms with Gasteiger partial charge in [0.05, 0.1) is 12.2 Å². The van der Waals surface area contributed by atoms with Gasteiger partial charge < -0.3 is 15.5 Å². The van der Waals surface area contributed by atoms with Gasteiger partial charge in [-0.25, -0.2) is 4.79 Å². The number of hydrogen-bond acceptors (Lipinski definition) is 6. The largest absolute Gasteiger partial charge is 0.383 e. The van der Waals surface area contributed by atoms with Gasteiger partial charge in [0.1, 0.15) is 5.82 Å². The van der Waals surface area contributed by atoms with Crippen LogP contribution in [-0.2, 0) is 11.3 Å². The number of aromatic nitrogens is 2. The van der Waals surface area contributed by atoms with E-state index >= 15 is 0 Å². The number of anilines is 3. The molecule has 0 saturated heterocycles. The van der Waals surface area contributed by atoms with Gasteiger partial charge >= 0.3 is 5.69 Å². The van der Waals surface area contributed by atoms with E-state index in [-0.39, 0.29) is 29.9 Å². The first-order chi connectivity index (χ1) is 14.8. The van der Waals surface area contributed by atoms with Gasteiger partial charge in [-0.2, -0.15) is 0 Å². The van der Waals surface area contributed by atoms with E-state index in [0.29, 0.717) is 13.1 Å². The zero-order valence-electron chi connectivity index (χ0n) is 18.4. The van der Waals surface area contributed by atoms with Crippen LogP contribution < -0.4 is 26.8 Å². The molecule has 0 radical (unpaired) electrons. The highest BCUT2D eigenvalue weighted by Gasteiger charge is 2.27. The minimum absolute atomic E-state index is 0.0431. The molecule has 3 rings (SSSR count). The minimum Gasteiger partial charge on any atom is -0.383 e. The molecule has 1 aliphatic heterocycles. The molecular weight excluding hydrogens is 414 g/mol. The van der Waals surface area contributed by atoms with Gasteiger partial charge in [-0.05, 0) is 24.5 Å². The fourth-order valence-electron chi connectivity index (χ4n) is 3.70. The molecule has 1 aromatic carbocycles. The molecular formula is C22H31N5O3S. The summed E-state index contributed by atoms with van der Waals surface area (Å²) in [4.78, 5) is 45.5. The number of H-pyrrole nitrogens is 1.